The second kappa shape index (κ2) is 5.87. The Bertz CT molecular complexity index is 532. The van der Waals surface area contributed by atoms with E-state index in [9.17, 15) is 14.9 Å². The Morgan fingerprint density at radius 2 is 2.05 bits per heavy atom. The molecule has 1 fully saturated rings. The van der Waals surface area contributed by atoms with Crippen molar-refractivity contribution in [3.8, 4) is 0 Å². The van der Waals surface area contributed by atoms with Gasteiger partial charge in [0.25, 0.3) is 5.69 Å². The second-order valence-electron chi connectivity index (χ2n) is 4.91. The van der Waals surface area contributed by atoms with Crippen LogP contribution in [0.3, 0.4) is 0 Å². The predicted octanol–water partition coefficient (Wildman–Crippen LogP) is 1.43. The Balaban J connectivity index is 2.31. The van der Waals surface area contributed by atoms with Gasteiger partial charge in [0.1, 0.15) is 5.56 Å². The van der Waals surface area contributed by atoms with E-state index in [1.807, 2.05) is 7.05 Å². The van der Waals surface area contributed by atoms with Gasteiger partial charge in [0, 0.05) is 31.4 Å². The number of nitro groups is 1. The minimum absolute atomic E-state index is 0.273. The number of benzene rings is 1. The van der Waals surface area contributed by atoms with E-state index in [0.717, 1.165) is 32.6 Å². The number of hydrogen-bond acceptors (Lipinski definition) is 5. The molecule has 0 atom stereocenters. The lowest BCUT2D eigenvalue weighted by atomic mass is 10.1. The Kier molecular flexibility index (Phi) is 4.19. The Labute approximate surface area is 116 Å². The van der Waals surface area contributed by atoms with Crippen molar-refractivity contribution in [1.29, 1.82) is 0 Å². The maximum atomic E-state index is 11.0. The van der Waals surface area contributed by atoms with Crippen molar-refractivity contribution in [3.63, 3.8) is 0 Å². The first-order valence-corrected chi connectivity index (χ1v) is 6.44. The lowest BCUT2D eigenvalue weighted by Gasteiger charge is -2.22. The smallest absolute Gasteiger partial charge is 0.342 e. The van der Waals surface area contributed by atoms with Crippen LogP contribution >= 0.6 is 0 Å². The van der Waals surface area contributed by atoms with Crippen molar-refractivity contribution in [2.24, 2.45) is 0 Å². The molecule has 1 heterocycles. The molecule has 1 saturated heterocycles. The van der Waals surface area contributed by atoms with Crippen molar-refractivity contribution in [2.75, 3.05) is 38.1 Å². The van der Waals surface area contributed by atoms with Crippen molar-refractivity contribution in [3.05, 3.63) is 33.9 Å². The third-order valence-corrected chi connectivity index (χ3v) is 3.49. The number of aromatic carboxylic acids is 1. The van der Waals surface area contributed by atoms with Crippen LogP contribution in [-0.2, 0) is 0 Å². The summed E-state index contributed by atoms with van der Waals surface area (Å²) in [6.07, 6.45) is 0.977. The molecule has 1 aliphatic rings. The fourth-order valence-corrected chi connectivity index (χ4v) is 2.35. The lowest BCUT2D eigenvalue weighted by Crippen LogP contribution is -2.28. The molecule has 1 N–H and O–H groups in total. The van der Waals surface area contributed by atoms with Crippen LogP contribution < -0.4 is 4.90 Å². The maximum absolute atomic E-state index is 11.0. The number of nitro benzene ring substituents is 1. The molecule has 108 valence electrons. The van der Waals surface area contributed by atoms with Crippen LogP contribution in [0.1, 0.15) is 16.8 Å². The third kappa shape index (κ3) is 3.05. The second-order valence-corrected chi connectivity index (χ2v) is 4.91. The topological polar surface area (TPSA) is 86.9 Å². The minimum Gasteiger partial charge on any atom is -0.477 e. The first-order valence-electron chi connectivity index (χ1n) is 6.44. The molecule has 0 bridgehead atoms. The maximum Gasteiger partial charge on any atom is 0.342 e. The van der Waals surface area contributed by atoms with Gasteiger partial charge < -0.3 is 14.9 Å². The molecule has 0 spiro atoms. The van der Waals surface area contributed by atoms with Crippen LogP contribution in [0.15, 0.2) is 18.2 Å². The molecule has 1 aromatic carbocycles. The SMILES string of the molecule is CN1CCCN(c2ccc(C(=O)O)c([N+](=O)[O-])c2)CC1. The number of likely N-dealkylation sites (N-methyl/N-ethyl adjacent to an activating group) is 1. The minimum atomic E-state index is -1.28. The van der Waals surface area contributed by atoms with Gasteiger partial charge in [0.2, 0.25) is 0 Å². The summed E-state index contributed by atoms with van der Waals surface area (Å²) < 4.78 is 0. The van der Waals surface area contributed by atoms with Crippen LogP contribution in [0.2, 0.25) is 0 Å². The Morgan fingerprint density at radius 1 is 1.30 bits per heavy atom. The zero-order valence-corrected chi connectivity index (χ0v) is 11.3. The molecule has 2 rings (SSSR count). The number of hydrogen-bond donors (Lipinski definition) is 1. The monoisotopic (exact) mass is 279 g/mol. The number of carboxylic acids is 1. The van der Waals surface area contributed by atoms with Crippen molar-refractivity contribution >= 4 is 17.3 Å². The summed E-state index contributed by atoms with van der Waals surface area (Å²) in [4.78, 5) is 25.6. The van der Waals surface area contributed by atoms with E-state index in [1.165, 1.54) is 12.1 Å². The summed E-state index contributed by atoms with van der Waals surface area (Å²) in [7, 11) is 2.04. The zero-order chi connectivity index (χ0) is 14.7. The molecule has 1 aliphatic heterocycles. The molecule has 0 radical (unpaired) electrons. The van der Waals surface area contributed by atoms with Gasteiger partial charge >= 0.3 is 5.97 Å². The highest BCUT2D eigenvalue weighted by Crippen LogP contribution is 2.26. The van der Waals surface area contributed by atoms with Gasteiger partial charge in [-0.25, -0.2) is 4.79 Å². The quantitative estimate of drug-likeness (QED) is 0.665. The molecule has 0 amide bonds. The first kappa shape index (κ1) is 14.3. The van der Waals surface area contributed by atoms with E-state index >= 15 is 0 Å². The highest BCUT2D eigenvalue weighted by molar-refractivity contribution is 5.93. The van der Waals surface area contributed by atoms with Crippen molar-refractivity contribution in [1.82, 2.24) is 4.90 Å². The molecule has 20 heavy (non-hydrogen) atoms. The molecule has 7 heteroatoms. The molecule has 0 aliphatic carbocycles. The molecular formula is C13H17N3O4. The van der Waals surface area contributed by atoms with Crippen LogP contribution in [0.5, 0.6) is 0 Å². The van der Waals surface area contributed by atoms with Crippen molar-refractivity contribution in [2.45, 2.75) is 6.42 Å². The van der Waals surface area contributed by atoms with Crippen LogP contribution in [-0.4, -0.2) is 54.1 Å². The average molecular weight is 279 g/mol. The van der Waals surface area contributed by atoms with E-state index < -0.39 is 10.9 Å². The molecule has 0 saturated carbocycles. The largest absolute Gasteiger partial charge is 0.477 e. The molecule has 0 unspecified atom stereocenters. The number of carboxylic acid groups (broad SMARTS) is 1. The average Bonchev–Trinajstić information content (AvgIpc) is 2.62. The normalized spacial score (nSPS) is 16.8. The van der Waals surface area contributed by atoms with Gasteiger partial charge in [-0.2, -0.15) is 0 Å². The first-order chi connectivity index (χ1) is 9.49. The van der Waals surface area contributed by atoms with E-state index in [-0.39, 0.29) is 11.3 Å². The Morgan fingerprint density at radius 3 is 2.70 bits per heavy atom. The van der Waals surface area contributed by atoms with E-state index in [2.05, 4.69) is 9.80 Å². The van der Waals surface area contributed by atoms with Gasteiger partial charge in [-0.15, -0.1) is 0 Å². The molecule has 1 aromatic rings. The summed E-state index contributed by atoms with van der Waals surface area (Å²) in [6, 6.07) is 4.31. The lowest BCUT2D eigenvalue weighted by molar-refractivity contribution is -0.385. The van der Waals surface area contributed by atoms with Crippen LogP contribution in [0.4, 0.5) is 11.4 Å². The van der Waals surface area contributed by atoms with Gasteiger partial charge in [-0.3, -0.25) is 10.1 Å². The summed E-state index contributed by atoms with van der Waals surface area (Å²) in [5.74, 6) is -1.28. The van der Waals surface area contributed by atoms with Crippen LogP contribution in [0.25, 0.3) is 0 Å². The predicted molar refractivity (Wildman–Crippen MR) is 74.4 cm³/mol. The van der Waals surface area contributed by atoms with Gasteiger partial charge in [0.05, 0.1) is 4.92 Å². The summed E-state index contributed by atoms with van der Waals surface area (Å²) in [5, 5.41) is 20.0. The number of nitrogens with zero attached hydrogens (tertiary/aromatic N) is 3. The van der Waals surface area contributed by atoms with Gasteiger partial charge in [-0.05, 0) is 32.1 Å². The van der Waals surface area contributed by atoms with Gasteiger partial charge in [-0.1, -0.05) is 0 Å². The molecule has 0 aromatic heterocycles. The molecular weight excluding hydrogens is 262 g/mol. The third-order valence-electron chi connectivity index (χ3n) is 3.49. The van der Waals surface area contributed by atoms with Crippen LogP contribution in [0, 0.1) is 10.1 Å². The summed E-state index contributed by atoms with van der Waals surface area (Å²) in [6.45, 7) is 3.47. The highest BCUT2D eigenvalue weighted by atomic mass is 16.6. The van der Waals surface area contributed by atoms with Crippen molar-refractivity contribution < 1.29 is 14.8 Å². The fourth-order valence-electron chi connectivity index (χ4n) is 2.35. The zero-order valence-electron chi connectivity index (χ0n) is 11.3. The van der Waals surface area contributed by atoms with E-state index in [4.69, 9.17) is 5.11 Å². The number of carbonyl (C=O) groups is 1. The fraction of sp³-hybridized carbons (Fsp3) is 0.462. The summed E-state index contributed by atoms with van der Waals surface area (Å²) in [5.41, 5.74) is 0.0790. The highest BCUT2D eigenvalue weighted by Gasteiger charge is 2.22. The number of anilines is 1. The Hall–Kier alpha value is -2.15. The van der Waals surface area contributed by atoms with E-state index in [0.29, 0.717) is 5.69 Å². The summed E-state index contributed by atoms with van der Waals surface area (Å²) >= 11 is 0. The molecule has 7 nitrogen and oxygen atoms in total. The standard InChI is InChI=1S/C13H17N3O4/c1-14-5-2-6-15(8-7-14)10-3-4-11(13(17)18)12(9-10)16(19)20/h3-4,9H,2,5-8H2,1H3,(H,17,18). The number of rotatable bonds is 3. The van der Waals surface area contributed by atoms with E-state index in [1.54, 1.807) is 6.07 Å². The van der Waals surface area contributed by atoms with Gasteiger partial charge in [0.15, 0.2) is 0 Å².